The van der Waals surface area contributed by atoms with Gasteiger partial charge in [-0.1, -0.05) is 0 Å². The molecule has 0 saturated heterocycles. The molecular formula is C15H20ClN3O3S. The highest BCUT2D eigenvalue weighted by molar-refractivity contribution is 7.09. The van der Waals surface area contributed by atoms with Gasteiger partial charge in [0.05, 0.1) is 18.7 Å². The third kappa shape index (κ3) is 5.09. The van der Waals surface area contributed by atoms with E-state index in [1.54, 1.807) is 30.7 Å². The molecule has 0 saturated carbocycles. The van der Waals surface area contributed by atoms with Crippen LogP contribution < -0.4 is 20.5 Å². The second-order valence-electron chi connectivity index (χ2n) is 4.42. The lowest BCUT2D eigenvalue weighted by atomic mass is 10.2. The number of nitrogens with two attached hydrogens (primary N) is 1. The Morgan fingerprint density at radius 3 is 2.83 bits per heavy atom. The molecule has 8 heteroatoms. The molecule has 0 aliphatic rings. The number of aromatic nitrogens is 1. The van der Waals surface area contributed by atoms with Crippen LogP contribution in [0.5, 0.6) is 11.5 Å². The number of nitrogens with one attached hydrogen (secondary N) is 1. The smallest absolute Gasteiger partial charge is 0.275 e. The summed E-state index contributed by atoms with van der Waals surface area (Å²) in [4.78, 5) is 16.4. The molecule has 2 aromatic rings. The van der Waals surface area contributed by atoms with Crippen molar-refractivity contribution < 1.29 is 14.3 Å². The van der Waals surface area contributed by atoms with E-state index < -0.39 is 0 Å². The molecule has 0 radical (unpaired) electrons. The van der Waals surface area contributed by atoms with Gasteiger partial charge in [-0.2, -0.15) is 0 Å². The summed E-state index contributed by atoms with van der Waals surface area (Å²) < 4.78 is 10.7. The topological polar surface area (TPSA) is 86.5 Å². The van der Waals surface area contributed by atoms with Crippen molar-refractivity contribution in [2.45, 2.75) is 13.3 Å². The largest absolute Gasteiger partial charge is 0.493 e. The Hall–Kier alpha value is -1.83. The van der Waals surface area contributed by atoms with Crippen LogP contribution in [0.25, 0.3) is 0 Å². The summed E-state index contributed by atoms with van der Waals surface area (Å²) in [7, 11) is 1.57. The van der Waals surface area contributed by atoms with Crippen LogP contribution in [0.4, 0.5) is 5.69 Å². The fourth-order valence-corrected chi connectivity index (χ4v) is 2.67. The number of rotatable bonds is 7. The monoisotopic (exact) mass is 357 g/mol. The third-order valence-corrected chi connectivity index (χ3v) is 3.77. The summed E-state index contributed by atoms with van der Waals surface area (Å²) in [5, 5.41) is 5.39. The van der Waals surface area contributed by atoms with E-state index in [9.17, 15) is 4.79 Å². The number of nitrogens with zero attached hydrogens (tertiary/aromatic N) is 1. The molecule has 0 aliphatic heterocycles. The van der Waals surface area contributed by atoms with E-state index in [-0.39, 0.29) is 18.3 Å². The maximum atomic E-state index is 12.2. The maximum Gasteiger partial charge on any atom is 0.275 e. The Morgan fingerprint density at radius 2 is 2.17 bits per heavy atom. The SMILES string of the molecule is CCOc1cc(NC(=O)c2csc(CCN)n2)ccc1OC.Cl. The van der Waals surface area contributed by atoms with E-state index in [0.29, 0.717) is 42.5 Å². The summed E-state index contributed by atoms with van der Waals surface area (Å²) in [5.74, 6) is 0.954. The lowest BCUT2D eigenvalue weighted by molar-refractivity contribution is 0.102. The number of hydrogen-bond donors (Lipinski definition) is 2. The Bertz CT molecular complexity index is 649. The van der Waals surface area contributed by atoms with Crippen LogP contribution in [0.15, 0.2) is 23.6 Å². The van der Waals surface area contributed by atoms with Crippen LogP contribution >= 0.6 is 23.7 Å². The van der Waals surface area contributed by atoms with Crippen LogP contribution in [0.1, 0.15) is 22.4 Å². The third-order valence-electron chi connectivity index (χ3n) is 2.86. The first-order chi connectivity index (χ1) is 10.7. The highest BCUT2D eigenvalue weighted by Gasteiger charge is 2.12. The second-order valence-corrected chi connectivity index (χ2v) is 5.36. The van der Waals surface area contributed by atoms with Gasteiger partial charge in [-0.3, -0.25) is 4.79 Å². The minimum absolute atomic E-state index is 0. The zero-order valence-electron chi connectivity index (χ0n) is 13.0. The second kappa shape index (κ2) is 9.34. The van der Waals surface area contributed by atoms with Crippen LogP contribution in [0.2, 0.25) is 0 Å². The highest BCUT2D eigenvalue weighted by Crippen LogP contribution is 2.30. The molecule has 126 valence electrons. The molecule has 0 atom stereocenters. The fourth-order valence-electron chi connectivity index (χ4n) is 1.87. The van der Waals surface area contributed by atoms with Gasteiger partial charge in [0, 0.05) is 23.6 Å². The molecule has 0 fully saturated rings. The van der Waals surface area contributed by atoms with Crippen molar-refractivity contribution in [1.82, 2.24) is 4.98 Å². The molecule has 23 heavy (non-hydrogen) atoms. The predicted molar refractivity (Wildman–Crippen MR) is 94.2 cm³/mol. The summed E-state index contributed by atoms with van der Waals surface area (Å²) in [6, 6.07) is 5.24. The minimum Gasteiger partial charge on any atom is -0.493 e. The number of ether oxygens (including phenoxy) is 2. The van der Waals surface area contributed by atoms with E-state index in [0.717, 1.165) is 5.01 Å². The molecule has 0 aliphatic carbocycles. The van der Waals surface area contributed by atoms with Gasteiger partial charge < -0.3 is 20.5 Å². The van der Waals surface area contributed by atoms with Crippen LogP contribution in [0.3, 0.4) is 0 Å². The average Bonchev–Trinajstić information content (AvgIpc) is 2.97. The molecule has 0 unspecified atom stereocenters. The van der Waals surface area contributed by atoms with E-state index in [1.165, 1.54) is 11.3 Å². The summed E-state index contributed by atoms with van der Waals surface area (Å²) in [6.45, 7) is 2.92. The average molecular weight is 358 g/mol. The molecule has 1 aromatic carbocycles. The number of methoxy groups -OCH3 is 1. The van der Waals surface area contributed by atoms with Gasteiger partial charge in [0.1, 0.15) is 5.69 Å². The predicted octanol–water partition coefficient (Wildman–Crippen LogP) is 2.73. The zero-order valence-corrected chi connectivity index (χ0v) is 14.6. The minimum atomic E-state index is -0.257. The standard InChI is InChI=1S/C15H19N3O3S.ClH/c1-3-21-13-8-10(4-5-12(13)20-2)17-15(19)11-9-22-14(18-11)6-7-16;/h4-5,8-9H,3,6-7,16H2,1-2H3,(H,17,19);1H. The molecule has 2 rings (SSSR count). The molecule has 0 spiro atoms. The van der Waals surface area contributed by atoms with Crippen molar-refractivity contribution >= 4 is 35.3 Å². The van der Waals surface area contributed by atoms with Gasteiger partial charge in [-0.15, -0.1) is 23.7 Å². The van der Waals surface area contributed by atoms with Crippen molar-refractivity contribution in [2.75, 3.05) is 25.6 Å². The summed E-state index contributed by atoms with van der Waals surface area (Å²) >= 11 is 1.43. The van der Waals surface area contributed by atoms with E-state index >= 15 is 0 Å². The van der Waals surface area contributed by atoms with Crippen molar-refractivity contribution in [1.29, 1.82) is 0 Å². The lowest BCUT2D eigenvalue weighted by Gasteiger charge is -2.11. The van der Waals surface area contributed by atoms with Crippen LogP contribution in [-0.2, 0) is 6.42 Å². The van der Waals surface area contributed by atoms with Crippen LogP contribution in [0, 0.1) is 0 Å². The number of amides is 1. The van der Waals surface area contributed by atoms with Gasteiger partial charge >= 0.3 is 0 Å². The maximum absolute atomic E-state index is 12.2. The number of hydrogen-bond acceptors (Lipinski definition) is 6. The van der Waals surface area contributed by atoms with Crippen molar-refractivity contribution in [2.24, 2.45) is 5.73 Å². The van der Waals surface area contributed by atoms with Crippen molar-refractivity contribution in [3.63, 3.8) is 0 Å². The quantitative estimate of drug-likeness (QED) is 0.795. The molecule has 3 N–H and O–H groups in total. The van der Waals surface area contributed by atoms with Crippen LogP contribution in [-0.4, -0.2) is 31.2 Å². The first-order valence-corrected chi connectivity index (χ1v) is 7.82. The van der Waals surface area contributed by atoms with E-state index in [4.69, 9.17) is 15.2 Å². The Morgan fingerprint density at radius 1 is 1.39 bits per heavy atom. The molecule has 1 amide bonds. The number of anilines is 1. The number of halogens is 1. The summed E-state index contributed by atoms with van der Waals surface area (Å²) in [6.07, 6.45) is 0.676. The number of thiazole rings is 1. The molecule has 1 aromatic heterocycles. The summed E-state index contributed by atoms with van der Waals surface area (Å²) in [5.41, 5.74) is 6.50. The van der Waals surface area contributed by atoms with E-state index in [2.05, 4.69) is 10.3 Å². The van der Waals surface area contributed by atoms with Crippen molar-refractivity contribution in [3.05, 3.63) is 34.3 Å². The first kappa shape index (κ1) is 19.2. The highest BCUT2D eigenvalue weighted by atomic mass is 35.5. The normalized spacial score (nSPS) is 9.87. The lowest BCUT2D eigenvalue weighted by Crippen LogP contribution is -2.13. The molecule has 6 nitrogen and oxygen atoms in total. The van der Waals surface area contributed by atoms with Gasteiger partial charge in [0.2, 0.25) is 0 Å². The Kier molecular flexibility index (Phi) is 7.80. The van der Waals surface area contributed by atoms with Gasteiger partial charge in [0.25, 0.3) is 5.91 Å². The van der Waals surface area contributed by atoms with E-state index in [1.807, 2.05) is 6.92 Å². The number of benzene rings is 1. The Labute approximate surface area is 145 Å². The molecule has 0 bridgehead atoms. The van der Waals surface area contributed by atoms with Gasteiger partial charge in [-0.25, -0.2) is 4.98 Å². The number of carbonyl (C=O) groups excluding carboxylic acids is 1. The number of carbonyl (C=O) groups is 1. The van der Waals surface area contributed by atoms with Gasteiger partial charge in [0.15, 0.2) is 11.5 Å². The molecular weight excluding hydrogens is 338 g/mol. The first-order valence-electron chi connectivity index (χ1n) is 6.94. The molecule has 1 heterocycles. The fraction of sp³-hybridized carbons (Fsp3) is 0.333. The Balaban J connectivity index is 0.00000264. The van der Waals surface area contributed by atoms with Crippen molar-refractivity contribution in [3.8, 4) is 11.5 Å². The van der Waals surface area contributed by atoms with Gasteiger partial charge in [-0.05, 0) is 25.6 Å². The zero-order chi connectivity index (χ0) is 15.9.